The summed E-state index contributed by atoms with van der Waals surface area (Å²) >= 11 is 11.8. The predicted octanol–water partition coefficient (Wildman–Crippen LogP) is 3.75. The highest BCUT2D eigenvalue weighted by molar-refractivity contribution is 7.89. The van der Waals surface area contributed by atoms with Crippen molar-refractivity contribution < 1.29 is 13.2 Å². The minimum atomic E-state index is -3.67. The van der Waals surface area contributed by atoms with E-state index in [4.69, 9.17) is 27.9 Å². The Bertz CT molecular complexity index is 588. The van der Waals surface area contributed by atoms with E-state index in [0.717, 1.165) is 6.42 Å². The molecule has 21 heavy (non-hydrogen) atoms. The van der Waals surface area contributed by atoms with Gasteiger partial charge in [0, 0.05) is 24.2 Å². The fraction of sp³-hybridized carbons (Fsp3) is 0.571. The first-order chi connectivity index (χ1) is 9.73. The van der Waals surface area contributed by atoms with Gasteiger partial charge in [0.2, 0.25) is 10.0 Å². The van der Waals surface area contributed by atoms with E-state index in [0.29, 0.717) is 23.0 Å². The molecule has 120 valence electrons. The van der Waals surface area contributed by atoms with E-state index in [1.54, 1.807) is 13.1 Å². The van der Waals surface area contributed by atoms with Gasteiger partial charge in [-0.2, -0.15) is 0 Å². The lowest BCUT2D eigenvalue weighted by Gasteiger charge is -2.21. The van der Waals surface area contributed by atoms with E-state index in [-0.39, 0.29) is 16.5 Å². The number of benzene rings is 1. The second kappa shape index (κ2) is 7.68. The average Bonchev–Trinajstić information content (AvgIpc) is 2.43. The fourth-order valence-electron chi connectivity index (χ4n) is 1.87. The van der Waals surface area contributed by atoms with Gasteiger partial charge in [0.1, 0.15) is 10.6 Å². The summed E-state index contributed by atoms with van der Waals surface area (Å²) in [5.74, 6) is 0.801. The van der Waals surface area contributed by atoms with Crippen LogP contribution in [0, 0.1) is 5.92 Å². The van der Waals surface area contributed by atoms with Crippen molar-refractivity contribution in [2.45, 2.75) is 31.0 Å². The molecule has 0 heterocycles. The van der Waals surface area contributed by atoms with Crippen molar-refractivity contribution in [2.24, 2.45) is 5.92 Å². The zero-order chi connectivity index (χ0) is 16.2. The summed E-state index contributed by atoms with van der Waals surface area (Å²) in [6, 6.07) is 3.01. The van der Waals surface area contributed by atoms with Crippen molar-refractivity contribution in [3.63, 3.8) is 0 Å². The smallest absolute Gasteiger partial charge is 0.246 e. The van der Waals surface area contributed by atoms with E-state index >= 15 is 0 Å². The number of alkyl halides is 1. The molecular formula is C14H21Cl2NO3S. The number of nitrogens with zero attached hydrogens (tertiary/aromatic N) is 1. The second-order valence-electron chi connectivity index (χ2n) is 5.24. The molecule has 4 nitrogen and oxygen atoms in total. The lowest BCUT2D eigenvalue weighted by molar-refractivity contribution is 0.391. The average molecular weight is 354 g/mol. The molecule has 1 rings (SSSR count). The Morgan fingerprint density at radius 3 is 2.43 bits per heavy atom. The summed E-state index contributed by atoms with van der Waals surface area (Å²) in [5.41, 5.74) is 0.558. The third kappa shape index (κ3) is 4.49. The molecule has 0 saturated heterocycles. The lowest BCUT2D eigenvalue weighted by atomic mass is 10.1. The third-order valence-corrected chi connectivity index (χ3v) is 5.52. The summed E-state index contributed by atoms with van der Waals surface area (Å²) in [6.45, 7) is 4.53. The van der Waals surface area contributed by atoms with Crippen molar-refractivity contribution in [1.82, 2.24) is 4.31 Å². The summed E-state index contributed by atoms with van der Waals surface area (Å²) in [5, 5.41) is 0.322. The van der Waals surface area contributed by atoms with E-state index < -0.39 is 10.0 Å². The first kappa shape index (κ1) is 18.6. The zero-order valence-electron chi connectivity index (χ0n) is 12.7. The Kier molecular flexibility index (Phi) is 6.78. The van der Waals surface area contributed by atoms with Crippen molar-refractivity contribution in [2.75, 3.05) is 20.7 Å². The topological polar surface area (TPSA) is 46.6 Å². The molecule has 0 aromatic heterocycles. The van der Waals surface area contributed by atoms with Crippen molar-refractivity contribution >= 4 is 33.2 Å². The van der Waals surface area contributed by atoms with Crippen molar-refractivity contribution in [1.29, 1.82) is 0 Å². The molecule has 0 aliphatic heterocycles. The number of rotatable bonds is 7. The van der Waals surface area contributed by atoms with Crippen LogP contribution in [0.15, 0.2) is 17.0 Å². The molecule has 0 bridgehead atoms. The predicted molar refractivity (Wildman–Crippen MR) is 86.8 cm³/mol. The molecule has 1 aromatic carbocycles. The highest BCUT2D eigenvalue weighted by Crippen LogP contribution is 2.34. The van der Waals surface area contributed by atoms with Crippen LogP contribution in [0.2, 0.25) is 5.02 Å². The highest BCUT2D eigenvalue weighted by atomic mass is 35.5. The minimum Gasteiger partial charge on any atom is -0.495 e. The van der Waals surface area contributed by atoms with Gasteiger partial charge in [-0.15, -0.1) is 11.6 Å². The maximum atomic E-state index is 12.7. The quantitative estimate of drug-likeness (QED) is 0.701. The number of ether oxygens (including phenoxy) is 1. The molecule has 7 heteroatoms. The van der Waals surface area contributed by atoms with Crippen LogP contribution in [0.5, 0.6) is 5.75 Å². The van der Waals surface area contributed by atoms with Gasteiger partial charge in [-0.1, -0.05) is 25.4 Å². The standard InChI is InChI=1S/C14H21Cl2NO3S/c1-10(2)5-6-17(3)21(18,19)13-8-12(16)7-11(9-15)14(13)20-4/h7-8,10H,5-6,9H2,1-4H3. The number of methoxy groups -OCH3 is 1. The highest BCUT2D eigenvalue weighted by Gasteiger charge is 2.27. The summed E-state index contributed by atoms with van der Waals surface area (Å²) in [7, 11) is -0.690. The SMILES string of the molecule is COc1c(CCl)cc(Cl)cc1S(=O)(=O)N(C)CCC(C)C. The lowest BCUT2D eigenvalue weighted by Crippen LogP contribution is -2.29. The second-order valence-corrected chi connectivity index (χ2v) is 7.96. The van der Waals surface area contributed by atoms with Crippen LogP contribution in [-0.2, 0) is 15.9 Å². The fourth-order valence-corrected chi connectivity index (χ4v) is 3.78. The van der Waals surface area contributed by atoms with Crippen LogP contribution in [0.25, 0.3) is 0 Å². The molecule has 1 aromatic rings. The van der Waals surface area contributed by atoms with Crippen LogP contribution in [0.3, 0.4) is 0 Å². The van der Waals surface area contributed by atoms with Gasteiger partial charge < -0.3 is 4.74 Å². The molecule has 0 N–H and O–H groups in total. The Morgan fingerprint density at radius 2 is 1.95 bits per heavy atom. The molecule has 0 atom stereocenters. The Hall–Kier alpha value is -0.490. The Balaban J connectivity index is 3.27. The Morgan fingerprint density at radius 1 is 1.33 bits per heavy atom. The van der Waals surface area contributed by atoms with Crippen LogP contribution >= 0.6 is 23.2 Å². The van der Waals surface area contributed by atoms with E-state index in [9.17, 15) is 8.42 Å². The molecule has 0 unspecified atom stereocenters. The van der Waals surface area contributed by atoms with Crippen LogP contribution in [-0.4, -0.2) is 33.4 Å². The molecule has 0 aliphatic carbocycles. The maximum Gasteiger partial charge on any atom is 0.246 e. The van der Waals surface area contributed by atoms with Crippen molar-refractivity contribution in [3.05, 3.63) is 22.7 Å². The van der Waals surface area contributed by atoms with Gasteiger partial charge in [0.15, 0.2) is 0 Å². The molecule has 0 aliphatic rings. The van der Waals surface area contributed by atoms with Gasteiger partial charge in [-0.25, -0.2) is 12.7 Å². The zero-order valence-corrected chi connectivity index (χ0v) is 15.0. The summed E-state index contributed by atoms with van der Waals surface area (Å²) < 4.78 is 31.9. The molecule has 0 amide bonds. The molecule has 0 saturated carbocycles. The number of hydrogen-bond acceptors (Lipinski definition) is 3. The summed E-state index contributed by atoms with van der Waals surface area (Å²) in [4.78, 5) is 0.0550. The number of hydrogen-bond donors (Lipinski definition) is 0. The largest absolute Gasteiger partial charge is 0.495 e. The Labute approximate surface area is 137 Å². The van der Waals surface area contributed by atoms with Crippen LogP contribution in [0.1, 0.15) is 25.8 Å². The third-order valence-electron chi connectivity index (χ3n) is 3.15. The first-order valence-electron chi connectivity index (χ1n) is 6.62. The van der Waals surface area contributed by atoms with Gasteiger partial charge in [0.25, 0.3) is 0 Å². The van der Waals surface area contributed by atoms with E-state index in [1.165, 1.54) is 17.5 Å². The van der Waals surface area contributed by atoms with Crippen LogP contribution in [0.4, 0.5) is 0 Å². The van der Waals surface area contributed by atoms with Crippen LogP contribution < -0.4 is 4.74 Å². The first-order valence-corrected chi connectivity index (χ1v) is 8.98. The van der Waals surface area contributed by atoms with Gasteiger partial charge in [-0.3, -0.25) is 0 Å². The normalized spacial score (nSPS) is 12.2. The van der Waals surface area contributed by atoms with E-state index in [1.807, 2.05) is 13.8 Å². The monoisotopic (exact) mass is 353 g/mol. The molecule has 0 fully saturated rings. The van der Waals surface area contributed by atoms with E-state index in [2.05, 4.69) is 0 Å². The minimum absolute atomic E-state index is 0.0550. The van der Waals surface area contributed by atoms with Crippen molar-refractivity contribution in [3.8, 4) is 5.75 Å². The molecule has 0 radical (unpaired) electrons. The maximum absolute atomic E-state index is 12.7. The van der Waals surface area contributed by atoms with Gasteiger partial charge >= 0.3 is 0 Å². The summed E-state index contributed by atoms with van der Waals surface area (Å²) in [6.07, 6.45) is 0.779. The molecular weight excluding hydrogens is 333 g/mol. The number of halogens is 2. The van der Waals surface area contributed by atoms with Gasteiger partial charge in [-0.05, 0) is 24.5 Å². The number of sulfonamides is 1. The molecule has 0 spiro atoms. The van der Waals surface area contributed by atoms with Gasteiger partial charge in [0.05, 0.1) is 13.0 Å².